The average Bonchev–Trinajstić information content (AvgIpc) is 3.07. The fourth-order valence-corrected chi connectivity index (χ4v) is 8.37. The number of aliphatic hydroxyl groups excluding tert-OH is 1. The van der Waals surface area contributed by atoms with Gasteiger partial charge in [-0.05, 0) is 97.7 Å². The molecule has 2 aromatic rings. The Labute approximate surface area is 254 Å². The number of fused-ring (bicyclic) bond motifs is 3. The first-order valence-electron chi connectivity index (χ1n) is 14.8. The van der Waals surface area contributed by atoms with Crippen molar-refractivity contribution in [2.45, 2.75) is 57.0 Å². The minimum atomic E-state index is -3.84. The van der Waals surface area contributed by atoms with Gasteiger partial charge in [-0.1, -0.05) is 36.7 Å². The average molecular weight is 613 g/mol. The fourth-order valence-electron chi connectivity index (χ4n) is 6.87. The Balaban J connectivity index is 1.49. The van der Waals surface area contributed by atoms with E-state index in [2.05, 4.69) is 34.9 Å². The third-order valence-electron chi connectivity index (χ3n) is 9.27. The second-order valence-electron chi connectivity index (χ2n) is 12.3. The summed E-state index contributed by atoms with van der Waals surface area (Å²) in [4.78, 5) is 15.5. The smallest absolute Gasteiger partial charge is 0.264 e. The molecule has 0 bridgehead atoms. The van der Waals surface area contributed by atoms with Crippen molar-refractivity contribution in [3.63, 3.8) is 0 Å². The quantitative estimate of drug-likeness (QED) is 0.336. The summed E-state index contributed by atoms with van der Waals surface area (Å²) in [5, 5.41) is 11.5. The number of anilines is 1. The van der Waals surface area contributed by atoms with Crippen molar-refractivity contribution in [2.75, 3.05) is 30.3 Å². The van der Waals surface area contributed by atoms with Crippen LogP contribution in [0, 0.1) is 17.8 Å². The minimum absolute atomic E-state index is 0.174. The van der Waals surface area contributed by atoms with E-state index in [0.29, 0.717) is 31.9 Å². The van der Waals surface area contributed by atoms with E-state index < -0.39 is 22.0 Å². The molecule has 2 N–H and O–H groups in total. The highest BCUT2D eigenvalue weighted by Gasteiger charge is 2.44. The van der Waals surface area contributed by atoms with E-state index in [4.69, 9.17) is 16.3 Å². The van der Waals surface area contributed by atoms with E-state index in [1.54, 1.807) is 37.3 Å². The molecule has 1 saturated carbocycles. The van der Waals surface area contributed by atoms with Crippen LogP contribution in [0.3, 0.4) is 0 Å². The summed E-state index contributed by atoms with van der Waals surface area (Å²) >= 11 is 6.38. The summed E-state index contributed by atoms with van der Waals surface area (Å²) in [7, 11) is -3.84. The molecule has 1 heterocycles. The number of hydrogen-bond donors (Lipinski definition) is 2. The number of ether oxygens (including phenoxy) is 1. The fraction of sp³-hybridized carbons (Fsp3) is 0.485. The van der Waals surface area contributed by atoms with Crippen molar-refractivity contribution in [1.82, 2.24) is 4.72 Å². The number of hydrogen-bond acceptors (Lipinski definition) is 6. The highest BCUT2D eigenvalue weighted by Crippen LogP contribution is 2.46. The van der Waals surface area contributed by atoms with Crippen LogP contribution in [0.25, 0.3) is 0 Å². The van der Waals surface area contributed by atoms with Gasteiger partial charge in [-0.3, -0.25) is 4.79 Å². The number of aryl methyl sites for hydroxylation is 1. The monoisotopic (exact) mass is 612 g/mol. The van der Waals surface area contributed by atoms with Crippen LogP contribution in [-0.4, -0.2) is 51.0 Å². The van der Waals surface area contributed by atoms with E-state index >= 15 is 0 Å². The predicted octanol–water partition coefficient (Wildman–Crippen LogP) is 5.66. The summed E-state index contributed by atoms with van der Waals surface area (Å²) in [5.74, 6) is -0.0713. The minimum Gasteiger partial charge on any atom is -0.490 e. The first-order valence-corrected chi connectivity index (χ1v) is 16.8. The van der Waals surface area contributed by atoms with Crippen LogP contribution >= 0.6 is 11.6 Å². The Morgan fingerprint density at radius 3 is 2.79 bits per heavy atom. The normalized spacial score (nSPS) is 24.7. The van der Waals surface area contributed by atoms with E-state index in [1.807, 2.05) is 6.07 Å². The Bertz CT molecular complexity index is 1460. The lowest BCUT2D eigenvalue weighted by Gasteiger charge is -2.45. The molecule has 1 unspecified atom stereocenters. The first-order chi connectivity index (χ1) is 20.0. The van der Waals surface area contributed by atoms with E-state index in [1.165, 1.54) is 11.1 Å². The third-order valence-corrected chi connectivity index (χ3v) is 11.0. The summed E-state index contributed by atoms with van der Waals surface area (Å²) < 4.78 is 34.0. The molecule has 5 rings (SSSR count). The van der Waals surface area contributed by atoms with Crippen molar-refractivity contribution in [3.8, 4) is 5.75 Å². The van der Waals surface area contributed by atoms with Crippen molar-refractivity contribution in [3.05, 3.63) is 83.4 Å². The lowest BCUT2D eigenvalue weighted by atomic mass is 9.68. The highest BCUT2D eigenvalue weighted by atomic mass is 35.5. The lowest BCUT2D eigenvalue weighted by molar-refractivity contribution is 0.0178. The maximum Gasteiger partial charge on any atom is 0.264 e. The molecule has 2 aliphatic carbocycles. The maximum atomic E-state index is 13.2. The van der Waals surface area contributed by atoms with Crippen LogP contribution in [0.1, 0.15) is 60.5 Å². The Morgan fingerprint density at radius 2 is 2.07 bits per heavy atom. The van der Waals surface area contributed by atoms with Crippen LogP contribution in [0.4, 0.5) is 5.69 Å². The van der Waals surface area contributed by atoms with E-state index in [-0.39, 0.29) is 34.5 Å². The number of carbonyl (C=O) groups is 1. The SMILES string of the molecule is C=CC[C@H](O)[C@@H]1CC[C@H]1CN1C[C@@]2(CCCc3cc(Cl)ccc32)COc2ccc(C(=O)NS(=O)(=O)CC(C)C=C)cc21. The summed E-state index contributed by atoms with van der Waals surface area (Å²) in [6, 6.07) is 11.3. The van der Waals surface area contributed by atoms with Crippen LogP contribution in [-0.2, 0) is 21.9 Å². The van der Waals surface area contributed by atoms with E-state index in [0.717, 1.165) is 42.8 Å². The van der Waals surface area contributed by atoms with Crippen LogP contribution in [0.15, 0.2) is 61.7 Å². The molecule has 7 nitrogen and oxygen atoms in total. The number of amides is 1. The zero-order valence-electron chi connectivity index (χ0n) is 24.2. The molecule has 0 aromatic heterocycles. The van der Waals surface area contributed by atoms with Gasteiger partial charge in [0.15, 0.2) is 0 Å². The number of sulfonamides is 1. The van der Waals surface area contributed by atoms with Crippen molar-refractivity contribution >= 4 is 33.2 Å². The van der Waals surface area contributed by atoms with Crippen LogP contribution in [0.5, 0.6) is 5.75 Å². The van der Waals surface area contributed by atoms with Gasteiger partial charge in [0, 0.05) is 29.1 Å². The number of halogens is 1. The van der Waals surface area contributed by atoms with Gasteiger partial charge >= 0.3 is 0 Å². The zero-order valence-corrected chi connectivity index (χ0v) is 25.8. The second kappa shape index (κ2) is 12.4. The number of carbonyl (C=O) groups excluding carboxylic acids is 1. The Morgan fingerprint density at radius 1 is 1.26 bits per heavy atom. The number of rotatable bonds is 10. The Kier molecular flexibility index (Phi) is 9.07. The lowest BCUT2D eigenvalue weighted by Crippen LogP contribution is -2.49. The second-order valence-corrected chi connectivity index (χ2v) is 14.5. The van der Waals surface area contributed by atoms with Gasteiger partial charge < -0.3 is 14.7 Å². The molecular weight excluding hydrogens is 572 g/mol. The van der Waals surface area contributed by atoms with Gasteiger partial charge in [-0.25, -0.2) is 13.1 Å². The summed E-state index contributed by atoms with van der Waals surface area (Å²) in [5.41, 5.74) is 3.23. The molecular formula is C33H41ClN2O5S. The first kappa shape index (κ1) is 30.6. The number of benzene rings is 2. The Hall–Kier alpha value is -2.81. The zero-order chi connectivity index (χ0) is 30.1. The van der Waals surface area contributed by atoms with Gasteiger partial charge in [0.1, 0.15) is 5.75 Å². The third kappa shape index (κ3) is 6.41. The molecule has 226 valence electrons. The molecule has 1 fully saturated rings. The molecule has 5 atom stereocenters. The van der Waals surface area contributed by atoms with Gasteiger partial charge in [-0.2, -0.15) is 0 Å². The predicted molar refractivity (Wildman–Crippen MR) is 168 cm³/mol. The molecule has 42 heavy (non-hydrogen) atoms. The summed E-state index contributed by atoms with van der Waals surface area (Å²) in [6.07, 6.45) is 8.34. The molecule has 0 saturated heterocycles. The molecule has 1 amide bonds. The topological polar surface area (TPSA) is 95.9 Å². The van der Waals surface area contributed by atoms with Crippen LogP contribution in [0.2, 0.25) is 5.02 Å². The standard InChI is InChI=1S/C33H41ClN2O5S/c1-4-7-30(37)27-12-9-25(27)18-36-20-33(15-6-8-23-16-26(34)11-13-28(23)33)21-41-31-14-10-24(17-29(31)36)32(38)35-42(39,40)19-22(3)5-2/h4-5,10-11,13-14,16-17,22,25,27,30,37H,1-2,6-9,12,15,18-21H2,3H3,(H,35,38)/t22?,25-,27+,30-,33-/m0/s1. The maximum absolute atomic E-state index is 13.2. The molecule has 1 aliphatic heterocycles. The van der Waals surface area contributed by atoms with Crippen LogP contribution < -0.4 is 14.4 Å². The number of aliphatic hydroxyl groups is 1. The van der Waals surface area contributed by atoms with Gasteiger partial charge in [0.2, 0.25) is 10.0 Å². The molecule has 1 spiro atoms. The molecule has 9 heteroatoms. The van der Waals surface area contributed by atoms with Crippen molar-refractivity contribution in [2.24, 2.45) is 17.8 Å². The van der Waals surface area contributed by atoms with Crippen molar-refractivity contribution in [1.29, 1.82) is 0 Å². The van der Waals surface area contributed by atoms with E-state index in [9.17, 15) is 18.3 Å². The molecule has 2 aromatic carbocycles. The molecule has 0 radical (unpaired) electrons. The van der Waals surface area contributed by atoms with Crippen molar-refractivity contribution < 1.29 is 23.1 Å². The molecule has 3 aliphatic rings. The van der Waals surface area contributed by atoms with Gasteiger partial charge in [0.05, 0.1) is 24.2 Å². The highest BCUT2D eigenvalue weighted by molar-refractivity contribution is 7.90. The van der Waals surface area contributed by atoms with Gasteiger partial charge in [0.25, 0.3) is 5.91 Å². The number of allylic oxidation sites excluding steroid dienone is 1. The largest absolute Gasteiger partial charge is 0.490 e. The summed E-state index contributed by atoms with van der Waals surface area (Å²) in [6.45, 7) is 11.0. The number of nitrogens with zero attached hydrogens (tertiary/aromatic N) is 1. The van der Waals surface area contributed by atoms with Gasteiger partial charge in [-0.15, -0.1) is 13.2 Å². The number of nitrogens with one attached hydrogen (secondary N) is 1.